The minimum Gasteiger partial charge on any atom is -0.369 e. The molecule has 2 amide bonds. The summed E-state index contributed by atoms with van der Waals surface area (Å²) < 4.78 is 28.1. The molecule has 6 rings (SSSR count). The lowest BCUT2D eigenvalue weighted by Gasteiger charge is -2.58. The van der Waals surface area contributed by atoms with Gasteiger partial charge >= 0.3 is 0 Å². The van der Waals surface area contributed by atoms with Crippen molar-refractivity contribution >= 4 is 56.6 Å². The second-order valence-electron chi connectivity index (χ2n) is 10.2. The van der Waals surface area contributed by atoms with E-state index in [0.717, 1.165) is 19.3 Å². The van der Waals surface area contributed by atoms with Gasteiger partial charge in [-0.1, -0.05) is 34.8 Å². The van der Waals surface area contributed by atoms with Crippen LogP contribution in [-0.4, -0.2) is 43.2 Å². The van der Waals surface area contributed by atoms with Crippen LogP contribution in [0.4, 0.5) is 0 Å². The monoisotopic (exact) mass is 533 g/mol. The zero-order valence-corrected chi connectivity index (χ0v) is 21.0. The first kappa shape index (κ1) is 23.7. The Kier molecular flexibility index (Phi) is 5.93. The SMILES string of the molecule is NC(=O)C12CC3CC(C1)C(NC(=O)CN(C1CC1)S(=O)(=O)c1c(Cl)cc(Cl)cc1Cl)C(C3)C2. The number of nitrogens with one attached hydrogen (secondary N) is 1. The predicted octanol–water partition coefficient (Wildman–Crippen LogP) is 3.60. The van der Waals surface area contributed by atoms with E-state index in [1.165, 1.54) is 16.4 Å². The zero-order valence-electron chi connectivity index (χ0n) is 17.9. The van der Waals surface area contributed by atoms with Gasteiger partial charge in [0, 0.05) is 22.5 Å². The Balaban J connectivity index is 1.34. The average molecular weight is 535 g/mol. The molecule has 0 heterocycles. The molecular weight excluding hydrogens is 509 g/mol. The maximum atomic E-state index is 13.4. The number of hydrogen-bond acceptors (Lipinski definition) is 4. The predicted molar refractivity (Wildman–Crippen MR) is 125 cm³/mol. The number of nitrogens with two attached hydrogens (primary N) is 1. The number of primary amides is 1. The highest BCUT2D eigenvalue weighted by Gasteiger charge is 2.58. The van der Waals surface area contributed by atoms with E-state index >= 15 is 0 Å². The van der Waals surface area contributed by atoms with Gasteiger partial charge in [-0.05, 0) is 74.8 Å². The molecule has 0 spiro atoms. The highest BCUT2D eigenvalue weighted by atomic mass is 35.5. The quantitative estimate of drug-likeness (QED) is 0.557. The Morgan fingerprint density at radius 2 is 1.64 bits per heavy atom. The Labute approximate surface area is 208 Å². The highest BCUT2D eigenvalue weighted by molar-refractivity contribution is 7.89. The number of nitrogens with zero attached hydrogens (tertiary/aromatic N) is 1. The third-order valence-electron chi connectivity index (χ3n) is 7.91. The summed E-state index contributed by atoms with van der Waals surface area (Å²) in [5, 5.41) is 3.20. The molecule has 5 fully saturated rings. The van der Waals surface area contributed by atoms with Crippen LogP contribution in [0, 0.1) is 23.2 Å². The molecule has 4 bridgehead atoms. The van der Waals surface area contributed by atoms with Crippen LogP contribution in [0.3, 0.4) is 0 Å². The Morgan fingerprint density at radius 3 is 2.15 bits per heavy atom. The van der Waals surface area contributed by atoms with Crippen molar-refractivity contribution in [3.05, 3.63) is 27.2 Å². The van der Waals surface area contributed by atoms with Crippen LogP contribution in [-0.2, 0) is 19.6 Å². The van der Waals surface area contributed by atoms with Crippen molar-refractivity contribution in [1.82, 2.24) is 9.62 Å². The van der Waals surface area contributed by atoms with Crippen LogP contribution in [0.5, 0.6) is 0 Å². The van der Waals surface area contributed by atoms with Crippen molar-refractivity contribution in [2.24, 2.45) is 28.9 Å². The summed E-state index contributed by atoms with van der Waals surface area (Å²) in [4.78, 5) is 25.0. The molecule has 5 aliphatic rings. The van der Waals surface area contributed by atoms with Crippen LogP contribution in [0.2, 0.25) is 15.1 Å². The summed E-state index contributed by atoms with van der Waals surface area (Å²) in [5.74, 6) is 0.282. The van der Waals surface area contributed by atoms with Crippen molar-refractivity contribution in [2.45, 2.75) is 61.9 Å². The van der Waals surface area contributed by atoms with Crippen LogP contribution in [0.25, 0.3) is 0 Å². The average Bonchev–Trinajstić information content (AvgIpc) is 3.52. The smallest absolute Gasteiger partial charge is 0.246 e. The van der Waals surface area contributed by atoms with Crippen molar-refractivity contribution < 1.29 is 18.0 Å². The number of carbonyl (C=O) groups is 2. The molecule has 0 aromatic heterocycles. The number of rotatable bonds is 7. The van der Waals surface area contributed by atoms with E-state index < -0.39 is 15.4 Å². The van der Waals surface area contributed by atoms with Gasteiger partial charge in [0.1, 0.15) is 4.90 Å². The molecule has 1 aromatic carbocycles. The molecule has 11 heteroatoms. The number of amides is 2. The van der Waals surface area contributed by atoms with Crippen LogP contribution >= 0.6 is 34.8 Å². The van der Waals surface area contributed by atoms with E-state index in [1.54, 1.807) is 0 Å². The second-order valence-corrected chi connectivity index (χ2v) is 13.3. The molecule has 5 saturated carbocycles. The maximum Gasteiger partial charge on any atom is 0.246 e. The van der Waals surface area contributed by atoms with Crippen molar-refractivity contribution in [1.29, 1.82) is 0 Å². The van der Waals surface area contributed by atoms with E-state index in [1.807, 2.05) is 0 Å². The standard InChI is InChI=1S/C22H26Cl3N3O4S/c23-14-5-16(24)20(17(25)6-14)33(31,32)28(15-1-2-15)10-18(29)27-19-12-3-11-4-13(19)9-22(7-11,8-12)21(26)30/h5-6,11-13,15,19H,1-4,7-10H2,(H2,26,30)(H,27,29). The van der Waals surface area contributed by atoms with Crippen molar-refractivity contribution in [3.8, 4) is 0 Å². The summed E-state index contributed by atoms with van der Waals surface area (Å²) in [6, 6.07) is 2.33. The molecule has 0 radical (unpaired) electrons. The van der Waals surface area contributed by atoms with Gasteiger partial charge in [-0.25, -0.2) is 8.42 Å². The zero-order chi connectivity index (χ0) is 23.7. The molecule has 180 valence electrons. The normalized spacial score (nSPS) is 32.8. The lowest BCUT2D eigenvalue weighted by molar-refractivity contribution is -0.147. The highest BCUT2D eigenvalue weighted by Crippen LogP contribution is 2.59. The van der Waals surface area contributed by atoms with Crippen LogP contribution < -0.4 is 11.1 Å². The second kappa shape index (κ2) is 8.26. The fraction of sp³-hybridized carbons (Fsp3) is 0.636. The van der Waals surface area contributed by atoms with Crippen LogP contribution in [0.15, 0.2) is 17.0 Å². The minimum absolute atomic E-state index is 0.0620. The molecular formula is C22H26Cl3N3O4S. The molecule has 5 aliphatic carbocycles. The van der Waals surface area contributed by atoms with E-state index in [-0.39, 0.29) is 62.2 Å². The van der Waals surface area contributed by atoms with Gasteiger partial charge in [0.05, 0.1) is 16.6 Å². The number of benzene rings is 1. The van der Waals surface area contributed by atoms with Gasteiger partial charge in [0.15, 0.2) is 0 Å². The molecule has 33 heavy (non-hydrogen) atoms. The van der Waals surface area contributed by atoms with Gasteiger partial charge in [0.25, 0.3) is 0 Å². The summed E-state index contributed by atoms with van der Waals surface area (Å²) in [5.41, 5.74) is 5.31. The first-order chi connectivity index (χ1) is 15.5. The molecule has 2 unspecified atom stereocenters. The van der Waals surface area contributed by atoms with Crippen LogP contribution in [0.1, 0.15) is 44.9 Å². The Hall–Kier alpha value is -1.06. The first-order valence-corrected chi connectivity index (χ1v) is 13.8. The number of halogens is 3. The van der Waals surface area contributed by atoms with Gasteiger partial charge in [-0.2, -0.15) is 4.31 Å². The minimum atomic E-state index is -4.10. The fourth-order valence-corrected chi connectivity index (χ4v) is 9.74. The van der Waals surface area contributed by atoms with E-state index in [9.17, 15) is 18.0 Å². The summed E-state index contributed by atoms with van der Waals surface area (Å²) in [6.45, 7) is -0.303. The third-order valence-corrected chi connectivity index (χ3v) is 10.9. The fourth-order valence-electron chi connectivity index (χ4n) is 6.60. The maximum absolute atomic E-state index is 13.4. The lowest BCUT2D eigenvalue weighted by atomic mass is 9.47. The largest absolute Gasteiger partial charge is 0.369 e. The third kappa shape index (κ3) is 4.16. The number of hydrogen-bond donors (Lipinski definition) is 2. The molecule has 7 nitrogen and oxygen atoms in total. The van der Waals surface area contributed by atoms with Gasteiger partial charge in [0.2, 0.25) is 21.8 Å². The number of carbonyl (C=O) groups excluding carboxylic acids is 2. The first-order valence-electron chi connectivity index (χ1n) is 11.3. The Morgan fingerprint density at radius 1 is 1.06 bits per heavy atom. The molecule has 2 atom stereocenters. The Bertz CT molecular complexity index is 1080. The topological polar surface area (TPSA) is 110 Å². The van der Waals surface area contributed by atoms with Gasteiger partial charge in [-0.3, -0.25) is 9.59 Å². The van der Waals surface area contributed by atoms with Gasteiger partial charge < -0.3 is 11.1 Å². The summed E-state index contributed by atoms with van der Waals surface area (Å²) >= 11 is 18.3. The van der Waals surface area contributed by atoms with Crippen molar-refractivity contribution in [3.63, 3.8) is 0 Å². The molecule has 1 aromatic rings. The van der Waals surface area contributed by atoms with Crippen molar-refractivity contribution in [2.75, 3.05) is 6.54 Å². The molecule has 0 saturated heterocycles. The van der Waals surface area contributed by atoms with E-state index in [2.05, 4.69) is 5.32 Å². The number of sulfonamides is 1. The van der Waals surface area contributed by atoms with E-state index in [0.29, 0.717) is 31.6 Å². The van der Waals surface area contributed by atoms with E-state index in [4.69, 9.17) is 40.5 Å². The van der Waals surface area contributed by atoms with Gasteiger partial charge in [-0.15, -0.1) is 0 Å². The molecule has 3 N–H and O–H groups in total. The molecule has 0 aliphatic heterocycles. The summed E-state index contributed by atoms with van der Waals surface area (Å²) in [6.07, 6.45) is 5.53. The lowest BCUT2D eigenvalue weighted by Crippen LogP contribution is -2.62. The summed E-state index contributed by atoms with van der Waals surface area (Å²) in [7, 11) is -4.10.